The third kappa shape index (κ3) is 5.40. The Morgan fingerprint density at radius 2 is 1.97 bits per heavy atom. The lowest BCUT2D eigenvalue weighted by atomic mass is 10.2. The molecule has 0 bridgehead atoms. The number of carbonyl (C=O) groups is 1. The van der Waals surface area contributed by atoms with Gasteiger partial charge in [0.05, 0.1) is 22.7 Å². The normalized spacial score (nSPS) is 15.6. The number of nitrogens with one attached hydrogen (secondary N) is 1. The number of halogens is 3. The molecule has 0 radical (unpaired) electrons. The molecular formula is C22H18F3N3O6S. The van der Waals surface area contributed by atoms with Gasteiger partial charge >= 0.3 is 12.3 Å². The van der Waals surface area contributed by atoms with Crippen molar-refractivity contribution in [3.8, 4) is 11.6 Å². The van der Waals surface area contributed by atoms with Crippen LogP contribution in [0.15, 0.2) is 71.8 Å². The summed E-state index contributed by atoms with van der Waals surface area (Å²) in [6.45, 7) is -0.421. The molecule has 184 valence electrons. The Hall–Kier alpha value is -4.00. The number of rotatable bonds is 6. The van der Waals surface area contributed by atoms with Crippen LogP contribution in [0.2, 0.25) is 0 Å². The van der Waals surface area contributed by atoms with Crippen molar-refractivity contribution in [1.82, 2.24) is 4.98 Å². The first-order valence-corrected chi connectivity index (χ1v) is 11.5. The van der Waals surface area contributed by atoms with Crippen molar-refractivity contribution in [2.45, 2.75) is 17.2 Å². The second-order valence-electron chi connectivity index (χ2n) is 7.39. The van der Waals surface area contributed by atoms with Crippen LogP contribution in [0.5, 0.6) is 11.6 Å². The number of alkyl halides is 3. The van der Waals surface area contributed by atoms with E-state index >= 15 is 0 Å². The van der Waals surface area contributed by atoms with Crippen molar-refractivity contribution in [2.24, 2.45) is 0 Å². The molecule has 0 fully saturated rings. The first kappa shape index (κ1) is 24.1. The number of fused-ring (bicyclic) bond motifs is 1. The summed E-state index contributed by atoms with van der Waals surface area (Å²) >= 11 is 0. The zero-order chi connectivity index (χ0) is 25.2. The molecule has 0 aliphatic carbocycles. The highest BCUT2D eigenvalue weighted by Crippen LogP contribution is 2.40. The summed E-state index contributed by atoms with van der Waals surface area (Å²) in [5.74, 6) is 0.354. The molecule has 1 amide bonds. The highest BCUT2D eigenvalue weighted by atomic mass is 32.2. The van der Waals surface area contributed by atoms with Gasteiger partial charge < -0.3 is 14.6 Å². The number of ether oxygens (including phenoxy) is 2. The van der Waals surface area contributed by atoms with Gasteiger partial charge in [-0.3, -0.25) is 9.62 Å². The molecule has 0 saturated heterocycles. The molecule has 2 heterocycles. The molecule has 9 nitrogen and oxygen atoms in total. The van der Waals surface area contributed by atoms with E-state index in [1.807, 2.05) is 0 Å². The van der Waals surface area contributed by atoms with Crippen molar-refractivity contribution in [2.75, 3.05) is 22.8 Å². The minimum atomic E-state index is -4.74. The number of nitrogens with zero attached hydrogens (tertiary/aromatic N) is 2. The molecule has 2 N–H and O–H groups in total. The van der Waals surface area contributed by atoms with E-state index in [1.54, 1.807) is 18.2 Å². The van der Waals surface area contributed by atoms with Crippen LogP contribution >= 0.6 is 0 Å². The Labute approximate surface area is 197 Å². The smallest absolute Gasteiger partial charge is 0.416 e. The fraction of sp³-hybridized carbons (Fsp3) is 0.182. The van der Waals surface area contributed by atoms with Gasteiger partial charge in [-0.25, -0.2) is 18.2 Å². The van der Waals surface area contributed by atoms with Gasteiger partial charge in [-0.15, -0.1) is 0 Å². The minimum absolute atomic E-state index is 0.0391. The third-order valence-electron chi connectivity index (χ3n) is 4.95. The minimum Gasteiger partial charge on any atom is -0.483 e. The number of hydrogen-bond donors (Lipinski definition) is 2. The molecule has 1 aromatic heterocycles. The number of sulfonamides is 1. The topological polar surface area (TPSA) is 118 Å². The molecule has 35 heavy (non-hydrogen) atoms. The molecule has 2 aromatic carbocycles. The summed E-state index contributed by atoms with van der Waals surface area (Å²) < 4.78 is 78.9. The second-order valence-corrected chi connectivity index (χ2v) is 9.26. The monoisotopic (exact) mass is 509 g/mol. The number of pyridine rings is 1. The van der Waals surface area contributed by atoms with Gasteiger partial charge in [-0.1, -0.05) is 12.1 Å². The molecule has 3 aromatic rings. The van der Waals surface area contributed by atoms with Crippen molar-refractivity contribution in [3.05, 3.63) is 72.4 Å². The number of amides is 1. The highest BCUT2D eigenvalue weighted by molar-refractivity contribution is 7.92. The van der Waals surface area contributed by atoms with Crippen LogP contribution in [-0.4, -0.2) is 43.9 Å². The third-order valence-corrected chi connectivity index (χ3v) is 6.72. The lowest BCUT2D eigenvalue weighted by Gasteiger charge is -2.35. The van der Waals surface area contributed by atoms with E-state index in [4.69, 9.17) is 14.6 Å². The first-order chi connectivity index (χ1) is 16.5. The van der Waals surface area contributed by atoms with Crippen molar-refractivity contribution < 1.29 is 41.0 Å². The quantitative estimate of drug-likeness (QED) is 0.511. The number of anilines is 2. The SMILES string of the molecule is O=C(O)Nc1ccc2c(c1)N(S(=O)(=O)c1cccc(C(F)(F)F)c1)CC(COc1ccccn1)O2. The predicted molar refractivity (Wildman–Crippen MR) is 118 cm³/mol. The Balaban J connectivity index is 1.72. The standard InChI is InChI=1S/C22H18F3N3O6S/c23-22(24,25)14-4-3-5-17(10-14)35(31,32)28-12-16(13-33-20-6-1-2-9-26-20)34-19-8-7-15(11-18(19)28)27-21(29)30/h1-11,16,27H,12-13H2,(H,29,30). The largest absolute Gasteiger partial charge is 0.483 e. The van der Waals surface area contributed by atoms with E-state index < -0.39 is 38.9 Å². The molecular weight excluding hydrogens is 491 g/mol. The zero-order valence-corrected chi connectivity index (χ0v) is 18.6. The number of aromatic nitrogens is 1. The Kier molecular flexibility index (Phi) is 6.43. The average molecular weight is 509 g/mol. The molecule has 1 unspecified atom stereocenters. The van der Waals surface area contributed by atoms with Gasteiger partial charge in [-0.05, 0) is 42.5 Å². The summed E-state index contributed by atoms with van der Waals surface area (Å²) in [7, 11) is -4.51. The van der Waals surface area contributed by atoms with Crippen LogP contribution in [-0.2, 0) is 16.2 Å². The summed E-state index contributed by atoms with van der Waals surface area (Å²) in [5, 5.41) is 11.1. The molecule has 1 atom stereocenters. The van der Waals surface area contributed by atoms with Gasteiger partial charge in [0.25, 0.3) is 10.0 Å². The van der Waals surface area contributed by atoms with E-state index in [9.17, 15) is 26.4 Å². The fourth-order valence-electron chi connectivity index (χ4n) is 3.40. The maximum absolute atomic E-state index is 13.5. The van der Waals surface area contributed by atoms with Crippen LogP contribution in [0, 0.1) is 0 Å². The van der Waals surface area contributed by atoms with Gasteiger partial charge in [-0.2, -0.15) is 13.2 Å². The lowest BCUT2D eigenvalue weighted by molar-refractivity contribution is -0.137. The Morgan fingerprint density at radius 1 is 1.17 bits per heavy atom. The number of hydrogen-bond acceptors (Lipinski definition) is 6. The highest BCUT2D eigenvalue weighted by Gasteiger charge is 2.37. The van der Waals surface area contributed by atoms with E-state index in [2.05, 4.69) is 10.3 Å². The van der Waals surface area contributed by atoms with E-state index in [0.29, 0.717) is 6.07 Å². The molecule has 0 saturated carbocycles. The summed E-state index contributed by atoms with van der Waals surface area (Å²) in [4.78, 5) is 14.5. The van der Waals surface area contributed by atoms with Crippen LogP contribution in [0.4, 0.5) is 29.3 Å². The fourth-order valence-corrected chi connectivity index (χ4v) is 4.94. The molecule has 0 spiro atoms. The predicted octanol–water partition coefficient (Wildman–Crippen LogP) is 4.23. The van der Waals surface area contributed by atoms with E-state index in [1.165, 1.54) is 24.4 Å². The molecule has 1 aliphatic rings. The van der Waals surface area contributed by atoms with Gasteiger partial charge in [0.15, 0.2) is 6.10 Å². The summed E-state index contributed by atoms with van der Waals surface area (Å²) in [6.07, 6.45) is -5.46. The zero-order valence-electron chi connectivity index (χ0n) is 17.8. The van der Waals surface area contributed by atoms with Crippen LogP contribution in [0.25, 0.3) is 0 Å². The van der Waals surface area contributed by atoms with E-state index in [-0.39, 0.29) is 36.2 Å². The van der Waals surface area contributed by atoms with Crippen LogP contribution < -0.4 is 19.1 Å². The van der Waals surface area contributed by atoms with Crippen molar-refractivity contribution >= 4 is 27.5 Å². The second kappa shape index (κ2) is 9.33. The summed E-state index contributed by atoms with van der Waals surface area (Å²) in [6, 6.07) is 12.3. The Morgan fingerprint density at radius 3 is 2.66 bits per heavy atom. The molecule has 4 rings (SSSR count). The number of carboxylic acid groups (broad SMARTS) is 1. The molecule has 13 heteroatoms. The lowest BCUT2D eigenvalue weighted by Crippen LogP contribution is -2.46. The van der Waals surface area contributed by atoms with Crippen molar-refractivity contribution in [3.63, 3.8) is 0 Å². The van der Waals surface area contributed by atoms with Crippen molar-refractivity contribution in [1.29, 1.82) is 0 Å². The van der Waals surface area contributed by atoms with Gasteiger partial charge in [0.2, 0.25) is 5.88 Å². The number of benzene rings is 2. The first-order valence-electron chi connectivity index (χ1n) is 10.1. The van der Waals surface area contributed by atoms with E-state index in [0.717, 1.165) is 22.5 Å². The van der Waals surface area contributed by atoms with Crippen LogP contribution in [0.1, 0.15) is 5.56 Å². The maximum atomic E-state index is 13.5. The van der Waals surface area contributed by atoms with Crippen LogP contribution in [0.3, 0.4) is 0 Å². The average Bonchev–Trinajstić information content (AvgIpc) is 2.82. The summed E-state index contributed by atoms with van der Waals surface area (Å²) in [5.41, 5.74) is -1.11. The molecule has 1 aliphatic heterocycles. The van der Waals surface area contributed by atoms with Gasteiger partial charge in [0, 0.05) is 18.0 Å². The maximum Gasteiger partial charge on any atom is 0.416 e. The Bertz CT molecular complexity index is 1340. The van der Waals surface area contributed by atoms with Gasteiger partial charge in [0.1, 0.15) is 12.4 Å².